The van der Waals surface area contributed by atoms with Crippen molar-refractivity contribution in [3.8, 4) is 0 Å². The number of aryl methyl sites for hydroxylation is 1. The number of hydrogen-bond acceptors (Lipinski definition) is 4. The van der Waals surface area contributed by atoms with E-state index in [2.05, 4.69) is 33.4 Å². The van der Waals surface area contributed by atoms with Crippen molar-refractivity contribution in [1.29, 1.82) is 0 Å². The number of rotatable bonds is 5. The van der Waals surface area contributed by atoms with Crippen molar-refractivity contribution < 1.29 is 4.79 Å². The first kappa shape index (κ1) is 16.4. The first-order valence-corrected chi connectivity index (χ1v) is 8.23. The largest absolute Gasteiger partial charge is 0.324 e. The van der Waals surface area contributed by atoms with Crippen molar-refractivity contribution in [2.75, 3.05) is 32.0 Å². The Morgan fingerprint density at radius 1 is 1.46 bits per heavy atom. The van der Waals surface area contributed by atoms with Gasteiger partial charge in [-0.25, -0.2) is 4.79 Å². The molecule has 1 aliphatic rings. The zero-order valence-corrected chi connectivity index (χ0v) is 14.2. The summed E-state index contributed by atoms with van der Waals surface area (Å²) in [6.45, 7) is 3.44. The predicted molar refractivity (Wildman–Crippen MR) is 92.5 cm³/mol. The predicted octanol–water partition coefficient (Wildman–Crippen LogP) is 1.80. The van der Waals surface area contributed by atoms with Crippen molar-refractivity contribution in [3.63, 3.8) is 0 Å². The van der Waals surface area contributed by atoms with Crippen LogP contribution in [0.1, 0.15) is 12.0 Å². The number of anilines is 1. The Hall–Kier alpha value is -2.41. The van der Waals surface area contributed by atoms with Gasteiger partial charge in [0.1, 0.15) is 0 Å². The van der Waals surface area contributed by atoms with Gasteiger partial charge in [-0.15, -0.1) is 0 Å². The molecule has 1 N–H and O–H groups in total. The van der Waals surface area contributed by atoms with Gasteiger partial charge in [0.15, 0.2) is 5.82 Å². The monoisotopic (exact) mass is 328 g/mol. The van der Waals surface area contributed by atoms with Gasteiger partial charge in [-0.2, -0.15) is 5.10 Å². The smallest absolute Gasteiger partial charge is 0.323 e. The van der Waals surface area contributed by atoms with Crippen LogP contribution in [0.3, 0.4) is 0 Å². The molecule has 0 saturated carbocycles. The molecule has 7 nitrogen and oxygen atoms in total. The number of carbonyl (C=O) groups excluding carboxylic acids is 1. The summed E-state index contributed by atoms with van der Waals surface area (Å²) >= 11 is 0. The number of nitrogens with zero attached hydrogens (tertiary/aromatic N) is 5. The van der Waals surface area contributed by atoms with Crippen LogP contribution in [0.2, 0.25) is 0 Å². The lowest BCUT2D eigenvalue weighted by atomic mass is 10.1. The van der Waals surface area contributed by atoms with Crippen molar-refractivity contribution in [2.24, 2.45) is 13.0 Å². The summed E-state index contributed by atoms with van der Waals surface area (Å²) in [5, 5.41) is 7.03. The minimum absolute atomic E-state index is 0.0638. The van der Waals surface area contributed by atoms with Gasteiger partial charge in [0.25, 0.3) is 0 Å². The topological polar surface area (TPSA) is 66.3 Å². The molecule has 128 valence electrons. The molecule has 1 saturated heterocycles. The van der Waals surface area contributed by atoms with Gasteiger partial charge in [0.2, 0.25) is 0 Å². The molecule has 1 atom stereocenters. The summed E-state index contributed by atoms with van der Waals surface area (Å²) in [6, 6.07) is 5.78. The molecule has 3 heterocycles. The van der Waals surface area contributed by atoms with Crippen LogP contribution in [0.25, 0.3) is 0 Å². The maximum Gasteiger partial charge on any atom is 0.323 e. The highest BCUT2D eigenvalue weighted by atomic mass is 16.2. The molecule has 7 heteroatoms. The van der Waals surface area contributed by atoms with Gasteiger partial charge in [0.05, 0.1) is 0 Å². The molecule has 0 aromatic carbocycles. The van der Waals surface area contributed by atoms with Crippen molar-refractivity contribution in [1.82, 2.24) is 24.6 Å². The van der Waals surface area contributed by atoms with Crippen LogP contribution < -0.4 is 5.32 Å². The van der Waals surface area contributed by atoms with Gasteiger partial charge in [-0.1, -0.05) is 6.07 Å². The van der Waals surface area contributed by atoms with E-state index in [1.54, 1.807) is 16.9 Å². The fourth-order valence-electron chi connectivity index (χ4n) is 3.15. The lowest BCUT2D eigenvalue weighted by Gasteiger charge is -2.21. The zero-order chi connectivity index (χ0) is 16.9. The number of nitrogens with one attached hydrogen (secondary N) is 1. The van der Waals surface area contributed by atoms with E-state index in [1.807, 2.05) is 30.4 Å². The minimum Gasteiger partial charge on any atom is -0.324 e. The third-order valence-corrected chi connectivity index (χ3v) is 4.27. The van der Waals surface area contributed by atoms with Crippen LogP contribution in [0, 0.1) is 5.92 Å². The molecule has 3 rings (SSSR count). The molecule has 1 fully saturated rings. The van der Waals surface area contributed by atoms with Gasteiger partial charge < -0.3 is 9.80 Å². The lowest BCUT2D eigenvalue weighted by Crippen LogP contribution is -2.34. The molecular weight excluding hydrogens is 304 g/mol. The average Bonchev–Trinajstić information content (AvgIpc) is 3.17. The summed E-state index contributed by atoms with van der Waals surface area (Å²) in [6.07, 6.45) is 6.54. The van der Waals surface area contributed by atoms with E-state index < -0.39 is 0 Å². The number of carbonyl (C=O) groups is 1. The number of hydrogen-bond donors (Lipinski definition) is 1. The van der Waals surface area contributed by atoms with Crippen LogP contribution in [-0.2, 0) is 13.6 Å². The highest BCUT2D eigenvalue weighted by molar-refractivity contribution is 5.88. The normalized spacial score (nSPS) is 17.5. The summed E-state index contributed by atoms with van der Waals surface area (Å²) in [7, 11) is 3.95. The van der Waals surface area contributed by atoms with Crippen LogP contribution in [0.4, 0.5) is 10.6 Å². The second-order valence-electron chi connectivity index (χ2n) is 6.46. The Bertz CT molecular complexity index is 671. The quantitative estimate of drug-likeness (QED) is 0.909. The highest BCUT2D eigenvalue weighted by Crippen LogP contribution is 2.19. The number of pyridine rings is 1. The fourth-order valence-corrected chi connectivity index (χ4v) is 3.15. The minimum atomic E-state index is -0.0638. The summed E-state index contributed by atoms with van der Waals surface area (Å²) in [5.41, 5.74) is 1.21. The first-order chi connectivity index (χ1) is 11.6. The van der Waals surface area contributed by atoms with Crippen LogP contribution >= 0.6 is 0 Å². The summed E-state index contributed by atoms with van der Waals surface area (Å²) in [5.74, 6) is 1.10. The van der Waals surface area contributed by atoms with E-state index in [9.17, 15) is 4.79 Å². The maximum absolute atomic E-state index is 12.3. The molecule has 0 unspecified atom stereocenters. The van der Waals surface area contributed by atoms with Crippen LogP contribution in [0.5, 0.6) is 0 Å². The van der Waals surface area contributed by atoms with Crippen LogP contribution in [0.15, 0.2) is 36.8 Å². The molecule has 1 aliphatic heterocycles. The van der Waals surface area contributed by atoms with Gasteiger partial charge in [0, 0.05) is 57.9 Å². The number of aromatic nitrogens is 3. The third-order valence-electron chi connectivity index (χ3n) is 4.27. The molecule has 0 spiro atoms. The second kappa shape index (κ2) is 7.44. The Kier molecular flexibility index (Phi) is 5.10. The zero-order valence-electron chi connectivity index (χ0n) is 14.2. The van der Waals surface area contributed by atoms with E-state index in [1.165, 1.54) is 5.56 Å². The second-order valence-corrected chi connectivity index (χ2v) is 6.46. The van der Waals surface area contributed by atoms with Crippen molar-refractivity contribution >= 4 is 11.8 Å². The van der Waals surface area contributed by atoms with Gasteiger partial charge in [-0.05, 0) is 31.0 Å². The molecule has 0 aliphatic carbocycles. The summed E-state index contributed by atoms with van der Waals surface area (Å²) < 4.78 is 1.68. The lowest BCUT2D eigenvalue weighted by molar-refractivity contribution is 0.216. The van der Waals surface area contributed by atoms with Crippen LogP contribution in [-0.4, -0.2) is 57.3 Å². The third kappa shape index (κ3) is 4.32. The standard InChI is InChI=1S/C17H24N6O/c1-21(11-14-4-3-7-18-10-14)12-15-5-9-23(13-15)17(24)19-16-6-8-22(2)20-16/h3-4,6-8,10,15H,5,9,11-13H2,1-2H3,(H,19,20,24)/t15-/m0/s1. The maximum atomic E-state index is 12.3. The van der Waals surface area contributed by atoms with Crippen molar-refractivity contribution in [3.05, 3.63) is 42.4 Å². The van der Waals surface area contributed by atoms with E-state index >= 15 is 0 Å². The van der Waals surface area contributed by atoms with Gasteiger partial charge >= 0.3 is 6.03 Å². The Morgan fingerprint density at radius 3 is 3.04 bits per heavy atom. The Morgan fingerprint density at radius 2 is 2.33 bits per heavy atom. The highest BCUT2D eigenvalue weighted by Gasteiger charge is 2.27. The summed E-state index contributed by atoms with van der Waals surface area (Å²) in [4.78, 5) is 20.6. The molecular formula is C17H24N6O. The molecule has 0 radical (unpaired) electrons. The fraction of sp³-hybridized carbons (Fsp3) is 0.471. The molecule has 2 amide bonds. The molecule has 2 aromatic rings. The Balaban J connectivity index is 1.45. The number of likely N-dealkylation sites (tertiary alicyclic amines) is 1. The SMILES string of the molecule is CN(Cc1cccnc1)C[C@@H]1CCN(C(=O)Nc2ccn(C)n2)C1. The Labute approximate surface area is 142 Å². The van der Waals surface area contributed by atoms with Gasteiger partial charge in [-0.3, -0.25) is 15.0 Å². The van der Waals surface area contributed by atoms with E-state index in [-0.39, 0.29) is 6.03 Å². The first-order valence-electron chi connectivity index (χ1n) is 8.23. The average molecular weight is 328 g/mol. The number of amides is 2. The molecule has 2 aromatic heterocycles. The van der Waals surface area contributed by atoms with Crippen molar-refractivity contribution in [2.45, 2.75) is 13.0 Å². The van der Waals surface area contributed by atoms with E-state index in [0.29, 0.717) is 11.7 Å². The van der Waals surface area contributed by atoms with E-state index in [0.717, 1.165) is 32.6 Å². The number of urea groups is 1. The van der Waals surface area contributed by atoms with E-state index in [4.69, 9.17) is 0 Å². The molecule has 24 heavy (non-hydrogen) atoms. The molecule has 0 bridgehead atoms.